The van der Waals surface area contributed by atoms with Gasteiger partial charge in [-0.25, -0.2) is 0 Å². The minimum atomic E-state index is -0.485. The van der Waals surface area contributed by atoms with E-state index in [9.17, 15) is 9.90 Å². The fraction of sp³-hybridized carbons (Fsp3) is 0.923. The molecule has 4 nitrogen and oxygen atoms in total. The molecule has 3 N–H and O–H groups in total. The van der Waals surface area contributed by atoms with Gasteiger partial charge in [-0.1, -0.05) is 6.92 Å². The number of nitrogens with zero attached hydrogens (tertiary/aromatic N) is 1. The Labute approximate surface area is 104 Å². The highest BCUT2D eigenvalue weighted by Gasteiger charge is 2.41. The van der Waals surface area contributed by atoms with Crippen molar-refractivity contribution in [1.82, 2.24) is 4.90 Å². The Balaban J connectivity index is 2.69. The van der Waals surface area contributed by atoms with Crippen LogP contribution in [0.1, 0.15) is 39.5 Å². The van der Waals surface area contributed by atoms with Gasteiger partial charge in [-0.3, -0.25) is 4.79 Å². The van der Waals surface area contributed by atoms with Crippen LogP contribution in [-0.4, -0.2) is 42.2 Å². The number of likely N-dealkylation sites (N-methyl/N-ethyl adjacent to an activating group) is 1. The van der Waals surface area contributed by atoms with E-state index in [0.717, 1.165) is 25.7 Å². The van der Waals surface area contributed by atoms with Crippen LogP contribution in [0.2, 0.25) is 0 Å². The lowest BCUT2D eigenvalue weighted by molar-refractivity contribution is -0.143. The fourth-order valence-corrected chi connectivity index (χ4v) is 2.70. The van der Waals surface area contributed by atoms with Gasteiger partial charge in [-0.05, 0) is 38.5 Å². The molecule has 0 aromatic carbocycles. The summed E-state index contributed by atoms with van der Waals surface area (Å²) in [5.41, 5.74) is 5.46. The van der Waals surface area contributed by atoms with Crippen LogP contribution >= 0.6 is 0 Å². The predicted octanol–water partition coefficient (Wildman–Crippen LogP) is 0.981. The molecule has 1 aliphatic rings. The largest absolute Gasteiger partial charge is 0.392 e. The molecule has 0 heterocycles. The Bertz CT molecular complexity index is 258. The van der Waals surface area contributed by atoms with Crippen molar-refractivity contribution < 1.29 is 9.90 Å². The number of hydrogen-bond donors (Lipinski definition) is 2. The lowest BCUT2D eigenvalue weighted by Gasteiger charge is -2.40. The second kappa shape index (κ2) is 5.83. The van der Waals surface area contributed by atoms with Gasteiger partial charge in [-0.15, -0.1) is 0 Å². The van der Waals surface area contributed by atoms with Crippen LogP contribution in [0.4, 0.5) is 0 Å². The monoisotopic (exact) mass is 242 g/mol. The molecule has 0 radical (unpaired) electrons. The molecule has 1 saturated carbocycles. The summed E-state index contributed by atoms with van der Waals surface area (Å²) in [6, 6.07) is 0. The molecule has 1 unspecified atom stereocenters. The summed E-state index contributed by atoms with van der Waals surface area (Å²) in [4.78, 5) is 14.1. The molecule has 0 aliphatic heterocycles. The standard InChI is InChI=1S/C13H26N2O2/c1-10-4-6-13(9-14,7-5-10)12(17)15(3)8-11(2)16/h10-11,16H,4-9,14H2,1-3H3. The Kier molecular flexibility index (Phi) is 4.95. The van der Waals surface area contributed by atoms with Gasteiger partial charge in [0.1, 0.15) is 0 Å². The molecule has 0 aromatic heterocycles. The minimum Gasteiger partial charge on any atom is -0.392 e. The van der Waals surface area contributed by atoms with Crippen molar-refractivity contribution in [2.45, 2.75) is 45.6 Å². The van der Waals surface area contributed by atoms with Crippen LogP contribution in [0, 0.1) is 11.3 Å². The van der Waals surface area contributed by atoms with Crippen molar-refractivity contribution in [3.05, 3.63) is 0 Å². The Morgan fingerprint density at radius 3 is 2.47 bits per heavy atom. The smallest absolute Gasteiger partial charge is 0.229 e. The van der Waals surface area contributed by atoms with Gasteiger partial charge in [0.2, 0.25) is 5.91 Å². The lowest BCUT2D eigenvalue weighted by Crippen LogP contribution is -2.49. The molecule has 100 valence electrons. The van der Waals surface area contributed by atoms with Crippen LogP contribution in [-0.2, 0) is 4.79 Å². The van der Waals surface area contributed by atoms with E-state index in [1.54, 1.807) is 18.9 Å². The minimum absolute atomic E-state index is 0.104. The summed E-state index contributed by atoms with van der Waals surface area (Å²) in [5, 5.41) is 9.34. The summed E-state index contributed by atoms with van der Waals surface area (Å²) in [6.45, 7) is 4.73. The molecule has 0 bridgehead atoms. The van der Waals surface area contributed by atoms with Crippen LogP contribution in [0.15, 0.2) is 0 Å². The van der Waals surface area contributed by atoms with E-state index in [1.807, 2.05) is 0 Å². The number of aliphatic hydroxyl groups is 1. The quantitative estimate of drug-likeness (QED) is 0.772. The third kappa shape index (κ3) is 3.42. The van der Waals surface area contributed by atoms with E-state index in [1.165, 1.54) is 0 Å². The number of hydrogen-bond acceptors (Lipinski definition) is 3. The number of aliphatic hydroxyl groups excluding tert-OH is 1. The zero-order valence-electron chi connectivity index (χ0n) is 11.3. The van der Waals surface area contributed by atoms with Gasteiger partial charge < -0.3 is 15.7 Å². The zero-order chi connectivity index (χ0) is 13.1. The Morgan fingerprint density at radius 2 is 2.06 bits per heavy atom. The fourth-order valence-electron chi connectivity index (χ4n) is 2.70. The first-order chi connectivity index (χ1) is 7.91. The van der Waals surface area contributed by atoms with Gasteiger partial charge in [0.05, 0.1) is 11.5 Å². The molecule has 1 amide bonds. The molecule has 0 aromatic rings. The number of carbonyl (C=O) groups is 1. The predicted molar refractivity (Wildman–Crippen MR) is 68.4 cm³/mol. The first-order valence-corrected chi connectivity index (χ1v) is 6.55. The summed E-state index contributed by atoms with van der Waals surface area (Å²) in [5.74, 6) is 0.803. The third-order valence-corrected chi connectivity index (χ3v) is 3.96. The molecule has 0 saturated heterocycles. The molecule has 1 aliphatic carbocycles. The Morgan fingerprint density at radius 1 is 1.53 bits per heavy atom. The van der Waals surface area contributed by atoms with Gasteiger partial charge in [0, 0.05) is 20.1 Å². The first-order valence-electron chi connectivity index (χ1n) is 6.55. The van der Waals surface area contributed by atoms with Gasteiger partial charge >= 0.3 is 0 Å². The average Bonchev–Trinajstić information content (AvgIpc) is 2.29. The average molecular weight is 242 g/mol. The third-order valence-electron chi connectivity index (χ3n) is 3.96. The van der Waals surface area contributed by atoms with Crippen LogP contribution in [0.3, 0.4) is 0 Å². The van der Waals surface area contributed by atoms with Crippen LogP contribution in [0.5, 0.6) is 0 Å². The molecule has 1 atom stereocenters. The molecular formula is C13H26N2O2. The van der Waals surface area contributed by atoms with E-state index in [2.05, 4.69) is 6.92 Å². The molecule has 1 fully saturated rings. The number of carbonyl (C=O) groups excluding carboxylic acids is 1. The molecule has 0 spiro atoms. The van der Waals surface area contributed by atoms with Crippen molar-refractivity contribution in [1.29, 1.82) is 0 Å². The summed E-state index contributed by atoms with van der Waals surface area (Å²) < 4.78 is 0. The number of nitrogens with two attached hydrogens (primary N) is 1. The topological polar surface area (TPSA) is 66.6 Å². The van der Waals surface area contributed by atoms with E-state index < -0.39 is 6.10 Å². The van der Waals surface area contributed by atoms with Crippen molar-refractivity contribution in [3.63, 3.8) is 0 Å². The van der Waals surface area contributed by atoms with Gasteiger partial charge in [0.15, 0.2) is 0 Å². The summed E-state index contributed by atoms with van der Waals surface area (Å²) >= 11 is 0. The SMILES string of the molecule is CC(O)CN(C)C(=O)C1(CN)CCC(C)CC1. The van der Waals surface area contributed by atoms with Gasteiger partial charge in [0.25, 0.3) is 0 Å². The van der Waals surface area contributed by atoms with Gasteiger partial charge in [-0.2, -0.15) is 0 Å². The second-order valence-electron chi connectivity index (χ2n) is 5.70. The van der Waals surface area contributed by atoms with Crippen LogP contribution < -0.4 is 5.73 Å². The second-order valence-corrected chi connectivity index (χ2v) is 5.70. The van der Waals surface area contributed by atoms with Crippen molar-refractivity contribution in [2.75, 3.05) is 20.1 Å². The number of rotatable bonds is 4. The van der Waals surface area contributed by atoms with E-state index in [0.29, 0.717) is 19.0 Å². The zero-order valence-corrected chi connectivity index (χ0v) is 11.3. The summed E-state index contributed by atoms with van der Waals surface area (Å²) in [6.07, 6.45) is 3.43. The normalized spacial score (nSPS) is 31.0. The highest BCUT2D eigenvalue weighted by molar-refractivity contribution is 5.83. The highest BCUT2D eigenvalue weighted by Crippen LogP contribution is 2.39. The number of amides is 1. The van der Waals surface area contributed by atoms with E-state index in [-0.39, 0.29) is 11.3 Å². The molecule has 4 heteroatoms. The highest BCUT2D eigenvalue weighted by atomic mass is 16.3. The Hall–Kier alpha value is -0.610. The first kappa shape index (κ1) is 14.5. The van der Waals surface area contributed by atoms with Crippen molar-refractivity contribution >= 4 is 5.91 Å². The molecule has 17 heavy (non-hydrogen) atoms. The maximum Gasteiger partial charge on any atom is 0.229 e. The van der Waals surface area contributed by atoms with Crippen molar-refractivity contribution in [3.8, 4) is 0 Å². The maximum atomic E-state index is 12.4. The lowest BCUT2D eigenvalue weighted by atomic mass is 9.70. The molecular weight excluding hydrogens is 216 g/mol. The van der Waals surface area contributed by atoms with E-state index >= 15 is 0 Å². The maximum absolute atomic E-state index is 12.4. The van der Waals surface area contributed by atoms with Crippen LogP contribution in [0.25, 0.3) is 0 Å². The van der Waals surface area contributed by atoms with Crippen molar-refractivity contribution in [2.24, 2.45) is 17.1 Å². The molecule has 1 rings (SSSR count). The van der Waals surface area contributed by atoms with E-state index in [4.69, 9.17) is 5.73 Å². The summed E-state index contributed by atoms with van der Waals surface area (Å²) in [7, 11) is 1.75.